The molecule has 0 aliphatic heterocycles. The maximum atomic E-state index is 9.12. The quantitative estimate of drug-likeness (QED) is 0.786. The zero-order valence-electron chi connectivity index (χ0n) is 11.1. The highest BCUT2D eigenvalue weighted by atomic mass is 16.5. The third kappa shape index (κ3) is 2.77. The highest BCUT2D eigenvalue weighted by Gasteiger charge is 2.25. The molecule has 5 nitrogen and oxygen atoms in total. The molecular formula is C13H18N4O. The topological polar surface area (TPSA) is 62.0 Å². The van der Waals surface area contributed by atoms with E-state index in [0.717, 1.165) is 23.8 Å². The summed E-state index contributed by atoms with van der Waals surface area (Å²) in [6.45, 7) is 5.10. The number of nitriles is 1. The second-order valence-corrected chi connectivity index (χ2v) is 4.76. The van der Waals surface area contributed by atoms with Crippen LogP contribution in [0.5, 0.6) is 5.88 Å². The molecule has 0 radical (unpaired) electrons. The summed E-state index contributed by atoms with van der Waals surface area (Å²) in [5.74, 6) is 0.352. The molecule has 96 valence electrons. The number of ether oxygens (including phenoxy) is 1. The van der Waals surface area contributed by atoms with Gasteiger partial charge in [-0.1, -0.05) is 0 Å². The lowest BCUT2D eigenvalue weighted by atomic mass is 10.1. The molecule has 18 heavy (non-hydrogen) atoms. The Hall–Kier alpha value is -1.67. The third-order valence-electron chi connectivity index (χ3n) is 3.39. The van der Waals surface area contributed by atoms with Gasteiger partial charge >= 0.3 is 0 Å². The van der Waals surface area contributed by atoms with E-state index >= 15 is 0 Å². The lowest BCUT2D eigenvalue weighted by molar-refractivity contribution is 0.224. The monoisotopic (exact) mass is 246 g/mol. The molecule has 0 aromatic carbocycles. The van der Waals surface area contributed by atoms with Crippen LogP contribution in [0.3, 0.4) is 0 Å². The molecule has 0 bridgehead atoms. The Morgan fingerprint density at radius 3 is 2.72 bits per heavy atom. The van der Waals surface area contributed by atoms with Crippen LogP contribution in [0.4, 0.5) is 0 Å². The largest absolute Gasteiger partial charge is 0.474 e. The van der Waals surface area contributed by atoms with E-state index in [1.807, 2.05) is 13.8 Å². The molecule has 0 spiro atoms. The van der Waals surface area contributed by atoms with Gasteiger partial charge in [0.05, 0.1) is 5.69 Å². The SMILES string of the molecule is Cc1nnc(OCCN(C)C2CC2)c(C#N)c1C. The first-order valence-corrected chi connectivity index (χ1v) is 6.20. The molecule has 1 aliphatic rings. The van der Waals surface area contributed by atoms with Gasteiger partial charge in [0.1, 0.15) is 18.2 Å². The fourth-order valence-electron chi connectivity index (χ4n) is 1.80. The molecule has 0 saturated heterocycles. The number of likely N-dealkylation sites (N-methyl/N-ethyl adjacent to an activating group) is 1. The van der Waals surface area contributed by atoms with Crippen molar-refractivity contribution < 1.29 is 4.74 Å². The Morgan fingerprint density at radius 1 is 1.39 bits per heavy atom. The van der Waals surface area contributed by atoms with Crippen molar-refractivity contribution in [2.24, 2.45) is 0 Å². The van der Waals surface area contributed by atoms with Crippen LogP contribution in [0.25, 0.3) is 0 Å². The van der Waals surface area contributed by atoms with Crippen LogP contribution in [0.1, 0.15) is 29.7 Å². The first kappa shape index (κ1) is 12.8. The number of hydrogen-bond donors (Lipinski definition) is 0. The summed E-state index contributed by atoms with van der Waals surface area (Å²) in [5.41, 5.74) is 2.11. The van der Waals surface area contributed by atoms with Gasteiger partial charge in [0.2, 0.25) is 0 Å². The summed E-state index contributed by atoms with van der Waals surface area (Å²) < 4.78 is 5.57. The zero-order chi connectivity index (χ0) is 13.1. The second-order valence-electron chi connectivity index (χ2n) is 4.76. The number of aryl methyl sites for hydroxylation is 1. The summed E-state index contributed by atoms with van der Waals surface area (Å²) >= 11 is 0. The molecule has 1 aromatic heterocycles. The summed E-state index contributed by atoms with van der Waals surface area (Å²) in [7, 11) is 2.10. The van der Waals surface area contributed by atoms with E-state index < -0.39 is 0 Å². The van der Waals surface area contributed by atoms with E-state index in [2.05, 4.69) is 28.2 Å². The van der Waals surface area contributed by atoms with Gasteiger partial charge in [0.15, 0.2) is 0 Å². The molecule has 1 aromatic rings. The van der Waals surface area contributed by atoms with Crippen molar-refractivity contribution in [1.82, 2.24) is 15.1 Å². The first-order valence-electron chi connectivity index (χ1n) is 6.20. The first-order chi connectivity index (χ1) is 8.63. The predicted octanol–water partition coefficient (Wildman–Crippen LogP) is 1.44. The maximum absolute atomic E-state index is 9.12. The highest BCUT2D eigenvalue weighted by molar-refractivity contribution is 5.44. The number of aromatic nitrogens is 2. The van der Waals surface area contributed by atoms with Crippen molar-refractivity contribution in [3.05, 3.63) is 16.8 Å². The Kier molecular flexibility index (Phi) is 3.78. The van der Waals surface area contributed by atoms with E-state index in [9.17, 15) is 0 Å². The van der Waals surface area contributed by atoms with Gasteiger partial charge in [-0.25, -0.2) is 0 Å². The van der Waals surface area contributed by atoms with Gasteiger partial charge in [-0.2, -0.15) is 10.4 Å². The normalized spacial score (nSPS) is 14.6. The Labute approximate surface area is 107 Å². The molecular weight excluding hydrogens is 228 g/mol. The van der Waals surface area contributed by atoms with Gasteiger partial charge in [-0.3, -0.25) is 0 Å². The Morgan fingerprint density at radius 2 is 2.11 bits per heavy atom. The Balaban J connectivity index is 1.96. The smallest absolute Gasteiger partial charge is 0.251 e. The van der Waals surface area contributed by atoms with Crippen molar-refractivity contribution in [2.45, 2.75) is 32.7 Å². The minimum atomic E-state index is 0.352. The van der Waals surface area contributed by atoms with E-state index in [1.54, 1.807) is 0 Å². The molecule has 5 heteroatoms. The molecule has 0 N–H and O–H groups in total. The minimum Gasteiger partial charge on any atom is -0.474 e. The predicted molar refractivity (Wildman–Crippen MR) is 67.4 cm³/mol. The fraction of sp³-hybridized carbons (Fsp3) is 0.615. The molecule has 0 atom stereocenters. The zero-order valence-corrected chi connectivity index (χ0v) is 11.1. The van der Waals surface area contributed by atoms with Crippen molar-refractivity contribution in [2.75, 3.05) is 20.2 Å². The summed E-state index contributed by atoms with van der Waals surface area (Å²) in [6.07, 6.45) is 2.56. The van der Waals surface area contributed by atoms with Crippen LogP contribution in [0, 0.1) is 25.2 Å². The number of rotatable bonds is 5. The van der Waals surface area contributed by atoms with E-state index in [1.165, 1.54) is 12.8 Å². The molecule has 1 aliphatic carbocycles. The second kappa shape index (κ2) is 5.32. The van der Waals surface area contributed by atoms with Gasteiger partial charge in [-0.15, -0.1) is 5.10 Å². The number of hydrogen-bond acceptors (Lipinski definition) is 5. The van der Waals surface area contributed by atoms with Crippen LogP contribution in [0.2, 0.25) is 0 Å². The molecule has 0 amide bonds. The molecule has 1 saturated carbocycles. The van der Waals surface area contributed by atoms with Gasteiger partial charge in [-0.05, 0) is 39.3 Å². The van der Waals surface area contributed by atoms with Gasteiger partial charge < -0.3 is 9.64 Å². The highest BCUT2D eigenvalue weighted by Crippen LogP contribution is 2.25. The van der Waals surface area contributed by atoms with Gasteiger partial charge in [0, 0.05) is 12.6 Å². The van der Waals surface area contributed by atoms with Crippen molar-refractivity contribution >= 4 is 0 Å². The van der Waals surface area contributed by atoms with Gasteiger partial charge in [0.25, 0.3) is 5.88 Å². The standard InChI is InChI=1S/C13H18N4O/c1-9-10(2)15-16-13(12(9)8-14)18-7-6-17(3)11-4-5-11/h11H,4-7H2,1-3H3. The van der Waals surface area contributed by atoms with Crippen LogP contribution >= 0.6 is 0 Å². The lowest BCUT2D eigenvalue weighted by Crippen LogP contribution is -2.26. The lowest BCUT2D eigenvalue weighted by Gasteiger charge is -2.16. The third-order valence-corrected chi connectivity index (χ3v) is 3.39. The summed E-state index contributed by atoms with van der Waals surface area (Å²) in [6, 6.07) is 2.85. The van der Waals surface area contributed by atoms with Crippen LogP contribution < -0.4 is 4.74 Å². The Bertz CT molecular complexity index is 477. The summed E-state index contributed by atoms with van der Waals surface area (Å²) in [5, 5.41) is 17.1. The minimum absolute atomic E-state index is 0.352. The van der Waals surface area contributed by atoms with E-state index in [0.29, 0.717) is 18.1 Å². The molecule has 0 unspecified atom stereocenters. The van der Waals surface area contributed by atoms with Crippen LogP contribution in [0.15, 0.2) is 0 Å². The average molecular weight is 246 g/mol. The average Bonchev–Trinajstić information content (AvgIpc) is 3.18. The maximum Gasteiger partial charge on any atom is 0.251 e. The summed E-state index contributed by atoms with van der Waals surface area (Å²) in [4.78, 5) is 2.28. The van der Waals surface area contributed by atoms with Crippen molar-refractivity contribution in [3.8, 4) is 11.9 Å². The molecule has 1 fully saturated rings. The van der Waals surface area contributed by atoms with E-state index in [-0.39, 0.29) is 0 Å². The van der Waals surface area contributed by atoms with Crippen LogP contribution in [-0.4, -0.2) is 41.3 Å². The fourth-order valence-corrected chi connectivity index (χ4v) is 1.80. The molecule has 2 rings (SSSR count). The van der Waals surface area contributed by atoms with Crippen LogP contribution in [-0.2, 0) is 0 Å². The number of nitrogens with zero attached hydrogens (tertiary/aromatic N) is 4. The van der Waals surface area contributed by atoms with Crippen molar-refractivity contribution in [3.63, 3.8) is 0 Å². The van der Waals surface area contributed by atoms with Crippen molar-refractivity contribution in [1.29, 1.82) is 5.26 Å². The van der Waals surface area contributed by atoms with E-state index in [4.69, 9.17) is 10.00 Å². The molecule has 1 heterocycles.